The predicted molar refractivity (Wildman–Crippen MR) is 84.7 cm³/mol. The summed E-state index contributed by atoms with van der Waals surface area (Å²) in [4.78, 5) is 9.43. The standard InChI is InChI=1S/C18H18N2/c1-13-4-8-15(9-5-13)17-12-19-18(3,20-17)16-10-6-14(2)7-11-16/h4-12H,1-3H3. The number of nitrogens with zero attached hydrogens (tertiary/aromatic N) is 2. The van der Waals surface area contributed by atoms with Crippen LogP contribution in [0.25, 0.3) is 0 Å². The minimum Gasteiger partial charge on any atom is -0.257 e. The van der Waals surface area contributed by atoms with Gasteiger partial charge in [-0.3, -0.25) is 4.99 Å². The van der Waals surface area contributed by atoms with Crippen LogP contribution < -0.4 is 0 Å². The first-order valence-electron chi connectivity index (χ1n) is 6.86. The average molecular weight is 262 g/mol. The van der Waals surface area contributed by atoms with Gasteiger partial charge in [-0.05, 0) is 20.8 Å². The van der Waals surface area contributed by atoms with Gasteiger partial charge in [0.15, 0.2) is 5.66 Å². The van der Waals surface area contributed by atoms with Gasteiger partial charge in [-0.25, -0.2) is 4.99 Å². The second-order valence-electron chi connectivity index (χ2n) is 5.51. The molecule has 1 unspecified atom stereocenters. The number of rotatable bonds is 2. The van der Waals surface area contributed by atoms with Gasteiger partial charge >= 0.3 is 0 Å². The Kier molecular flexibility index (Phi) is 3.01. The second kappa shape index (κ2) is 4.71. The van der Waals surface area contributed by atoms with E-state index in [2.05, 4.69) is 74.3 Å². The summed E-state index contributed by atoms with van der Waals surface area (Å²) in [6.07, 6.45) is 1.88. The molecule has 0 aliphatic carbocycles. The molecule has 0 radical (unpaired) electrons. The molecule has 0 fully saturated rings. The zero-order valence-corrected chi connectivity index (χ0v) is 12.1. The van der Waals surface area contributed by atoms with Crippen LogP contribution in [0.2, 0.25) is 0 Å². The van der Waals surface area contributed by atoms with Crippen molar-refractivity contribution in [1.29, 1.82) is 0 Å². The molecule has 0 spiro atoms. The van der Waals surface area contributed by atoms with Crippen LogP contribution in [-0.2, 0) is 5.66 Å². The molecule has 0 aromatic heterocycles. The normalized spacial score (nSPS) is 21.1. The van der Waals surface area contributed by atoms with Crippen LogP contribution in [0.15, 0.2) is 58.5 Å². The first kappa shape index (κ1) is 12.8. The van der Waals surface area contributed by atoms with E-state index in [1.807, 2.05) is 6.21 Å². The van der Waals surface area contributed by atoms with Crippen molar-refractivity contribution < 1.29 is 0 Å². The van der Waals surface area contributed by atoms with Crippen molar-refractivity contribution in [3.05, 3.63) is 70.8 Å². The third-order valence-electron chi connectivity index (χ3n) is 3.72. The first-order chi connectivity index (χ1) is 9.57. The highest BCUT2D eigenvalue weighted by molar-refractivity contribution is 6.39. The van der Waals surface area contributed by atoms with Gasteiger partial charge in [0.1, 0.15) is 0 Å². The Morgan fingerprint density at radius 1 is 0.800 bits per heavy atom. The lowest BCUT2D eigenvalue weighted by Gasteiger charge is -2.18. The summed E-state index contributed by atoms with van der Waals surface area (Å²) < 4.78 is 0. The summed E-state index contributed by atoms with van der Waals surface area (Å²) >= 11 is 0. The molecule has 0 amide bonds. The second-order valence-corrected chi connectivity index (χ2v) is 5.51. The van der Waals surface area contributed by atoms with E-state index in [4.69, 9.17) is 4.99 Å². The molecule has 0 bridgehead atoms. The minimum absolute atomic E-state index is 0.492. The van der Waals surface area contributed by atoms with Crippen molar-refractivity contribution in [2.45, 2.75) is 26.4 Å². The Bertz CT molecular complexity index is 678. The van der Waals surface area contributed by atoms with E-state index in [-0.39, 0.29) is 0 Å². The van der Waals surface area contributed by atoms with Crippen molar-refractivity contribution in [1.82, 2.24) is 0 Å². The lowest BCUT2D eigenvalue weighted by atomic mass is 10.0. The molecule has 2 nitrogen and oxygen atoms in total. The van der Waals surface area contributed by atoms with E-state index >= 15 is 0 Å². The Labute approximate surface area is 119 Å². The van der Waals surface area contributed by atoms with Gasteiger partial charge in [-0.1, -0.05) is 59.7 Å². The van der Waals surface area contributed by atoms with Crippen molar-refractivity contribution in [3.8, 4) is 0 Å². The summed E-state index contributed by atoms with van der Waals surface area (Å²) in [5.74, 6) is 0. The van der Waals surface area contributed by atoms with Gasteiger partial charge in [0, 0.05) is 11.1 Å². The van der Waals surface area contributed by atoms with Gasteiger partial charge in [0.25, 0.3) is 0 Å². The Morgan fingerprint density at radius 2 is 1.35 bits per heavy atom. The highest BCUT2D eigenvalue weighted by Gasteiger charge is 2.28. The Balaban J connectivity index is 1.96. The van der Waals surface area contributed by atoms with Crippen LogP contribution in [0.1, 0.15) is 29.2 Å². The molecule has 1 aliphatic heterocycles. The molecule has 1 atom stereocenters. The van der Waals surface area contributed by atoms with Crippen molar-refractivity contribution in [2.75, 3.05) is 0 Å². The maximum atomic E-state index is 4.81. The summed E-state index contributed by atoms with van der Waals surface area (Å²) in [7, 11) is 0. The van der Waals surface area contributed by atoms with E-state index in [1.165, 1.54) is 11.1 Å². The maximum absolute atomic E-state index is 4.81. The van der Waals surface area contributed by atoms with Crippen LogP contribution in [0.5, 0.6) is 0 Å². The molecular formula is C18H18N2. The van der Waals surface area contributed by atoms with Crippen LogP contribution in [-0.4, -0.2) is 11.9 Å². The molecule has 3 rings (SSSR count). The third kappa shape index (κ3) is 2.29. The highest BCUT2D eigenvalue weighted by Crippen LogP contribution is 2.31. The van der Waals surface area contributed by atoms with E-state index in [0.29, 0.717) is 0 Å². The van der Waals surface area contributed by atoms with E-state index in [1.54, 1.807) is 0 Å². The van der Waals surface area contributed by atoms with Gasteiger partial charge in [-0.2, -0.15) is 0 Å². The summed E-state index contributed by atoms with van der Waals surface area (Å²) in [5.41, 5.74) is 5.21. The summed E-state index contributed by atoms with van der Waals surface area (Å²) in [5, 5.41) is 0. The number of aliphatic imine (C=N–C) groups is 2. The minimum atomic E-state index is -0.492. The number of benzene rings is 2. The van der Waals surface area contributed by atoms with Crippen LogP contribution in [0, 0.1) is 13.8 Å². The molecule has 2 aromatic rings. The zero-order chi connectivity index (χ0) is 14.2. The Morgan fingerprint density at radius 3 is 1.95 bits per heavy atom. The van der Waals surface area contributed by atoms with Gasteiger partial charge in [0.05, 0.1) is 11.9 Å². The smallest absolute Gasteiger partial charge is 0.173 e. The van der Waals surface area contributed by atoms with Crippen molar-refractivity contribution in [2.24, 2.45) is 9.98 Å². The lowest BCUT2D eigenvalue weighted by Crippen LogP contribution is -2.13. The first-order valence-corrected chi connectivity index (χ1v) is 6.86. The Hall–Kier alpha value is -2.22. The van der Waals surface area contributed by atoms with Gasteiger partial charge < -0.3 is 0 Å². The molecule has 0 saturated carbocycles. The monoisotopic (exact) mass is 262 g/mol. The van der Waals surface area contributed by atoms with Gasteiger partial charge in [-0.15, -0.1) is 0 Å². The molecule has 20 heavy (non-hydrogen) atoms. The third-order valence-corrected chi connectivity index (χ3v) is 3.72. The fourth-order valence-corrected chi connectivity index (χ4v) is 2.35. The highest BCUT2D eigenvalue weighted by atomic mass is 15.1. The fraction of sp³-hybridized carbons (Fsp3) is 0.222. The van der Waals surface area contributed by atoms with Crippen LogP contribution >= 0.6 is 0 Å². The average Bonchev–Trinajstić information content (AvgIpc) is 2.84. The number of aryl methyl sites for hydroxylation is 2. The topological polar surface area (TPSA) is 24.7 Å². The molecule has 0 N–H and O–H groups in total. The molecule has 1 aliphatic rings. The van der Waals surface area contributed by atoms with Crippen LogP contribution in [0.3, 0.4) is 0 Å². The maximum Gasteiger partial charge on any atom is 0.173 e. The van der Waals surface area contributed by atoms with Crippen molar-refractivity contribution in [3.63, 3.8) is 0 Å². The molecule has 100 valence electrons. The SMILES string of the molecule is Cc1ccc(C2=NC(C)(c3ccc(C)cc3)N=C2)cc1. The summed E-state index contributed by atoms with van der Waals surface area (Å²) in [6.45, 7) is 6.23. The largest absolute Gasteiger partial charge is 0.257 e. The molecule has 2 heteroatoms. The van der Waals surface area contributed by atoms with E-state index < -0.39 is 5.66 Å². The number of hydrogen-bond acceptors (Lipinski definition) is 2. The quantitative estimate of drug-likeness (QED) is 0.780. The lowest BCUT2D eigenvalue weighted by molar-refractivity contribution is 0.542. The van der Waals surface area contributed by atoms with Gasteiger partial charge in [0.2, 0.25) is 0 Å². The molecular weight excluding hydrogens is 244 g/mol. The van der Waals surface area contributed by atoms with Crippen LogP contribution in [0.4, 0.5) is 0 Å². The molecule has 2 aromatic carbocycles. The zero-order valence-electron chi connectivity index (χ0n) is 12.1. The number of hydrogen-bond donors (Lipinski definition) is 0. The van der Waals surface area contributed by atoms with Crippen molar-refractivity contribution >= 4 is 11.9 Å². The molecule has 1 heterocycles. The summed E-state index contributed by atoms with van der Waals surface area (Å²) in [6, 6.07) is 16.8. The van der Waals surface area contributed by atoms with E-state index in [9.17, 15) is 0 Å². The van der Waals surface area contributed by atoms with E-state index in [0.717, 1.165) is 16.8 Å². The predicted octanol–water partition coefficient (Wildman–Crippen LogP) is 4.05. The molecule has 0 saturated heterocycles. The fourth-order valence-electron chi connectivity index (χ4n) is 2.35.